The highest BCUT2D eigenvalue weighted by Gasteiger charge is 2.57. The first-order valence-electron chi connectivity index (χ1n) is 19.7. The fourth-order valence-electron chi connectivity index (χ4n) is 9.70. The Hall–Kier alpha value is -3.68. The maximum atomic E-state index is 14.1. The van der Waals surface area contributed by atoms with Crippen molar-refractivity contribution in [2.75, 3.05) is 32.6 Å². The van der Waals surface area contributed by atoms with Crippen molar-refractivity contribution in [1.29, 1.82) is 0 Å². The number of aliphatic hydroxyl groups is 1. The summed E-state index contributed by atoms with van der Waals surface area (Å²) in [6, 6.07) is 22.6. The van der Waals surface area contributed by atoms with Crippen molar-refractivity contribution in [3.63, 3.8) is 0 Å². The minimum atomic E-state index is -0.585. The summed E-state index contributed by atoms with van der Waals surface area (Å²) >= 11 is 0. The fourth-order valence-corrected chi connectivity index (χ4v) is 9.70. The number of hydrogen-bond donors (Lipinski definition) is 2. The second-order valence-corrected chi connectivity index (χ2v) is 16.8. The summed E-state index contributed by atoms with van der Waals surface area (Å²) in [6.45, 7) is 10.1. The van der Waals surface area contributed by atoms with Crippen molar-refractivity contribution in [2.45, 2.75) is 104 Å². The Bertz CT molecular complexity index is 1700. The average molecular weight is 708 g/mol. The highest BCUT2D eigenvalue weighted by atomic mass is 16.5. The molecular weight excluding hydrogens is 647 g/mol. The number of nitrogens with one attached hydrogen (secondary N) is 1. The number of carbonyl (C=O) groups excluding carboxylic acids is 2. The van der Waals surface area contributed by atoms with E-state index in [1.807, 2.05) is 50.2 Å². The predicted molar refractivity (Wildman–Crippen MR) is 211 cm³/mol. The number of para-hydroxylation sites is 1. The average Bonchev–Trinajstić information content (AvgIpc) is 3.56. The lowest BCUT2D eigenvalue weighted by molar-refractivity contribution is -0.139. The van der Waals surface area contributed by atoms with Crippen molar-refractivity contribution < 1.29 is 19.4 Å². The molecule has 2 bridgehead atoms. The summed E-state index contributed by atoms with van der Waals surface area (Å²) in [6.07, 6.45) is 6.98. The second kappa shape index (κ2) is 16.1. The molecule has 4 fully saturated rings. The van der Waals surface area contributed by atoms with Crippen LogP contribution >= 0.6 is 0 Å². The van der Waals surface area contributed by atoms with Crippen LogP contribution in [0.4, 0.5) is 5.69 Å². The zero-order chi connectivity index (χ0) is 37.2. The molecule has 1 heterocycles. The summed E-state index contributed by atoms with van der Waals surface area (Å²) < 4.78 is 6.14. The summed E-state index contributed by atoms with van der Waals surface area (Å²) in [5.74, 6) is 2.55. The molecule has 4 aliphatic rings. The molecule has 1 saturated heterocycles. The van der Waals surface area contributed by atoms with Crippen LogP contribution in [0.15, 0.2) is 66.7 Å². The van der Waals surface area contributed by atoms with Crippen LogP contribution < -0.4 is 15.0 Å². The van der Waals surface area contributed by atoms with Crippen LogP contribution in [-0.4, -0.2) is 67.6 Å². The molecule has 7 nitrogen and oxygen atoms in total. The Balaban J connectivity index is 1.18. The molecule has 3 aliphatic carbocycles. The van der Waals surface area contributed by atoms with Gasteiger partial charge >= 0.3 is 0 Å². The molecule has 7 atom stereocenters. The number of rotatable bonds is 15. The SMILES string of the molecule is COc1c(CN2CCC([C@H](C)O)[C@H]2C(=O)N[C@H]2C[C@H]3C[C@@H](C2C)C3(C)C)cccc1-c1cc(C(=O)CCCCCc2ccccc2)cc(N(C)C)c1. The molecule has 7 heteroatoms. The molecule has 2 unspecified atom stereocenters. The van der Waals surface area contributed by atoms with Crippen LogP contribution in [0.3, 0.4) is 0 Å². The van der Waals surface area contributed by atoms with Crippen molar-refractivity contribution >= 4 is 17.4 Å². The quantitative estimate of drug-likeness (QED) is 0.123. The number of Topliss-reactive ketones (excluding diaryl/α,β-unsaturated/α-hetero) is 1. The van der Waals surface area contributed by atoms with Gasteiger partial charge in [0.05, 0.1) is 19.3 Å². The highest BCUT2D eigenvalue weighted by Crippen LogP contribution is 2.61. The molecular formula is C45H61N3O4. The fraction of sp³-hybridized carbons (Fsp3) is 0.556. The first-order chi connectivity index (χ1) is 24.9. The Kier molecular flexibility index (Phi) is 11.8. The van der Waals surface area contributed by atoms with Crippen molar-refractivity contribution in [3.8, 4) is 16.9 Å². The first-order valence-corrected chi connectivity index (χ1v) is 19.7. The minimum Gasteiger partial charge on any atom is -0.496 e. The molecule has 1 aliphatic heterocycles. The van der Waals surface area contributed by atoms with Crippen molar-refractivity contribution in [3.05, 3.63) is 83.4 Å². The number of hydrogen-bond acceptors (Lipinski definition) is 6. The molecule has 0 radical (unpaired) electrons. The van der Waals surface area contributed by atoms with Crippen molar-refractivity contribution in [1.82, 2.24) is 10.2 Å². The van der Waals surface area contributed by atoms with Crippen LogP contribution in [0.5, 0.6) is 5.75 Å². The lowest BCUT2D eigenvalue weighted by Gasteiger charge is -2.62. The van der Waals surface area contributed by atoms with Crippen LogP contribution in [0, 0.1) is 29.1 Å². The number of benzene rings is 3. The number of ketones is 1. The number of carbonyl (C=O) groups is 2. The largest absolute Gasteiger partial charge is 0.496 e. The van der Waals surface area contributed by atoms with E-state index in [0.717, 1.165) is 73.2 Å². The van der Waals surface area contributed by atoms with E-state index < -0.39 is 12.1 Å². The number of methoxy groups -OCH3 is 1. The molecule has 3 saturated carbocycles. The zero-order valence-corrected chi connectivity index (χ0v) is 32.5. The van der Waals surface area contributed by atoms with Gasteiger partial charge in [-0.1, -0.05) is 75.7 Å². The summed E-state index contributed by atoms with van der Waals surface area (Å²) in [7, 11) is 5.70. The van der Waals surface area contributed by atoms with Gasteiger partial charge < -0.3 is 20.1 Å². The van der Waals surface area contributed by atoms with E-state index in [-0.39, 0.29) is 23.7 Å². The van der Waals surface area contributed by atoms with Crippen LogP contribution in [-0.2, 0) is 17.8 Å². The number of aryl methyl sites for hydroxylation is 1. The third-order valence-corrected chi connectivity index (χ3v) is 13.1. The van der Waals surface area contributed by atoms with Gasteiger partial charge in [-0.15, -0.1) is 0 Å². The van der Waals surface area contributed by atoms with Crippen molar-refractivity contribution in [2.24, 2.45) is 29.1 Å². The van der Waals surface area contributed by atoms with Gasteiger partial charge in [0.15, 0.2) is 5.78 Å². The summed E-state index contributed by atoms with van der Waals surface area (Å²) in [5.41, 5.74) is 6.21. The van der Waals surface area contributed by atoms with Gasteiger partial charge in [-0.25, -0.2) is 0 Å². The lowest BCUT2D eigenvalue weighted by Crippen LogP contribution is -2.62. The van der Waals surface area contributed by atoms with Gasteiger partial charge in [-0.2, -0.15) is 0 Å². The van der Waals surface area contributed by atoms with Crippen LogP contribution in [0.25, 0.3) is 11.1 Å². The third kappa shape index (κ3) is 7.96. The molecule has 1 amide bonds. The van der Waals surface area contributed by atoms with E-state index in [9.17, 15) is 14.7 Å². The number of nitrogens with zero attached hydrogens (tertiary/aromatic N) is 2. The monoisotopic (exact) mass is 707 g/mol. The van der Waals surface area contributed by atoms with Gasteiger partial charge in [0.25, 0.3) is 0 Å². The van der Waals surface area contributed by atoms with Gasteiger partial charge in [-0.3, -0.25) is 14.5 Å². The molecule has 2 N–H and O–H groups in total. The van der Waals surface area contributed by atoms with Gasteiger partial charge in [0.2, 0.25) is 5.91 Å². The normalized spacial score (nSPS) is 25.6. The number of anilines is 1. The molecule has 3 aromatic carbocycles. The number of likely N-dealkylation sites (tertiary alicyclic amines) is 1. The van der Waals surface area contributed by atoms with E-state index in [1.54, 1.807) is 7.11 Å². The topological polar surface area (TPSA) is 82.1 Å². The molecule has 0 spiro atoms. The maximum Gasteiger partial charge on any atom is 0.237 e. The minimum absolute atomic E-state index is 0.0383. The number of amides is 1. The molecule has 3 aromatic rings. The number of unbranched alkanes of at least 4 members (excludes halogenated alkanes) is 2. The summed E-state index contributed by atoms with van der Waals surface area (Å²) in [4.78, 5) is 32.0. The predicted octanol–water partition coefficient (Wildman–Crippen LogP) is 8.17. The Morgan fingerprint density at radius 2 is 1.79 bits per heavy atom. The molecule has 52 heavy (non-hydrogen) atoms. The smallest absolute Gasteiger partial charge is 0.237 e. The maximum absolute atomic E-state index is 14.1. The van der Waals surface area contributed by atoms with Gasteiger partial charge in [0, 0.05) is 61.4 Å². The number of aliphatic hydroxyl groups excluding tert-OH is 1. The molecule has 0 aromatic heterocycles. The number of ether oxygens (including phenoxy) is 1. The zero-order valence-electron chi connectivity index (χ0n) is 32.5. The Labute approximate surface area is 312 Å². The molecule has 280 valence electrons. The van der Waals surface area contributed by atoms with E-state index >= 15 is 0 Å². The van der Waals surface area contributed by atoms with E-state index in [2.05, 4.69) is 73.5 Å². The van der Waals surface area contributed by atoms with E-state index in [1.165, 1.54) is 12.0 Å². The standard InChI is InChI=1S/C45H61N3O4/c1-29-39-26-35(45(39,3)4)27-40(29)46-44(51)42-37(30(2)49)21-22-48(42)28-32-18-14-19-38(43(32)52-7)33-23-34(25-36(24-33)47(5)6)41(50)20-13-9-12-17-31-15-10-8-11-16-31/h8,10-11,14-16,18-19,23-25,29-30,35,37,39-40,42,49H,9,12-13,17,20-22,26-28H2,1-7H3,(H,46,51)/t29?,30-,35+,37?,39-,40-,42-/m0/s1. The van der Waals surface area contributed by atoms with E-state index in [4.69, 9.17) is 4.74 Å². The van der Waals surface area contributed by atoms with Crippen LogP contribution in [0.2, 0.25) is 0 Å². The molecule has 7 rings (SSSR count). The second-order valence-electron chi connectivity index (χ2n) is 16.8. The highest BCUT2D eigenvalue weighted by molar-refractivity contribution is 5.98. The number of fused-ring (bicyclic) bond motifs is 2. The Morgan fingerprint density at radius 3 is 2.46 bits per heavy atom. The van der Waals surface area contributed by atoms with E-state index in [0.29, 0.717) is 41.7 Å². The summed E-state index contributed by atoms with van der Waals surface area (Å²) in [5, 5.41) is 14.3. The first kappa shape index (κ1) is 38.1. The Morgan fingerprint density at radius 1 is 1.02 bits per heavy atom. The lowest BCUT2D eigenvalue weighted by atomic mass is 9.45. The van der Waals surface area contributed by atoms with Gasteiger partial charge in [-0.05, 0) is 104 Å². The van der Waals surface area contributed by atoms with Gasteiger partial charge in [0.1, 0.15) is 5.75 Å². The van der Waals surface area contributed by atoms with Crippen LogP contribution in [0.1, 0.15) is 94.1 Å². The third-order valence-electron chi connectivity index (χ3n) is 13.1.